The number of hydrogen-bond donors (Lipinski definition) is 2. The van der Waals surface area contributed by atoms with Crippen LogP contribution in [0, 0.1) is 6.92 Å². The van der Waals surface area contributed by atoms with Crippen molar-refractivity contribution in [1.82, 2.24) is 9.97 Å². The number of anilines is 1. The molecule has 0 aliphatic rings. The van der Waals surface area contributed by atoms with Crippen LogP contribution in [0.1, 0.15) is 23.7 Å². The van der Waals surface area contributed by atoms with Gasteiger partial charge in [-0.1, -0.05) is 42.5 Å². The van der Waals surface area contributed by atoms with Crippen LogP contribution in [0.2, 0.25) is 0 Å². The Morgan fingerprint density at radius 1 is 1.15 bits per heavy atom. The molecule has 1 heterocycles. The highest BCUT2D eigenvalue weighted by atomic mass is 16.5. The van der Waals surface area contributed by atoms with Gasteiger partial charge in [0.05, 0.1) is 5.71 Å². The number of ether oxygens (including phenoxy) is 1. The van der Waals surface area contributed by atoms with Crippen LogP contribution in [0.15, 0.2) is 70.6 Å². The minimum absolute atomic E-state index is 0.223. The van der Waals surface area contributed by atoms with Crippen molar-refractivity contribution in [2.24, 2.45) is 5.10 Å². The van der Waals surface area contributed by atoms with Crippen molar-refractivity contribution >= 4 is 11.7 Å². The molecule has 0 spiro atoms. The van der Waals surface area contributed by atoms with Crippen molar-refractivity contribution in [2.45, 2.75) is 20.5 Å². The summed E-state index contributed by atoms with van der Waals surface area (Å²) in [5.41, 5.74) is 5.87. The lowest BCUT2D eigenvalue weighted by Crippen LogP contribution is -2.11. The first kappa shape index (κ1) is 17.4. The summed E-state index contributed by atoms with van der Waals surface area (Å²) >= 11 is 0. The quantitative estimate of drug-likeness (QED) is 0.528. The smallest absolute Gasteiger partial charge is 0.252 e. The number of H-pyrrole nitrogens is 1. The van der Waals surface area contributed by atoms with E-state index in [0.717, 1.165) is 22.6 Å². The second-order valence-corrected chi connectivity index (χ2v) is 5.81. The maximum Gasteiger partial charge on any atom is 0.252 e. The monoisotopic (exact) mass is 348 g/mol. The topological polar surface area (TPSA) is 79.4 Å². The van der Waals surface area contributed by atoms with Crippen LogP contribution in [0.5, 0.6) is 5.75 Å². The first-order chi connectivity index (χ1) is 12.6. The molecule has 6 heteroatoms. The Bertz CT molecular complexity index is 965. The van der Waals surface area contributed by atoms with Crippen LogP contribution in [0.3, 0.4) is 0 Å². The summed E-state index contributed by atoms with van der Waals surface area (Å²) in [6, 6.07) is 19.1. The van der Waals surface area contributed by atoms with Gasteiger partial charge in [-0.2, -0.15) is 5.10 Å². The van der Waals surface area contributed by atoms with Gasteiger partial charge in [0.2, 0.25) is 5.95 Å². The van der Waals surface area contributed by atoms with Gasteiger partial charge in [0.25, 0.3) is 5.56 Å². The molecule has 0 aliphatic carbocycles. The standard InChI is InChI=1S/C20H20N4O2/c1-14-12-19(25)22-20(21-14)24-23-15(2)17-10-6-7-11-18(17)26-13-16-8-4-3-5-9-16/h3-12H,13H2,1-2H3,(H2,21,22,24,25)/b23-15+. The van der Waals surface area contributed by atoms with Gasteiger partial charge in [-0.3, -0.25) is 9.78 Å². The van der Waals surface area contributed by atoms with Gasteiger partial charge in [0.15, 0.2) is 0 Å². The minimum atomic E-state index is -0.223. The molecule has 0 saturated heterocycles. The fourth-order valence-electron chi connectivity index (χ4n) is 2.46. The molecule has 0 saturated carbocycles. The number of rotatable bonds is 6. The van der Waals surface area contributed by atoms with Gasteiger partial charge in [0, 0.05) is 17.3 Å². The van der Waals surface area contributed by atoms with E-state index < -0.39 is 0 Å². The van der Waals surface area contributed by atoms with Crippen molar-refractivity contribution in [1.29, 1.82) is 0 Å². The molecule has 0 radical (unpaired) electrons. The van der Waals surface area contributed by atoms with Crippen LogP contribution >= 0.6 is 0 Å². The van der Waals surface area contributed by atoms with E-state index in [1.807, 2.05) is 61.5 Å². The fraction of sp³-hybridized carbons (Fsp3) is 0.150. The van der Waals surface area contributed by atoms with E-state index in [0.29, 0.717) is 18.2 Å². The van der Waals surface area contributed by atoms with Gasteiger partial charge < -0.3 is 4.74 Å². The molecule has 26 heavy (non-hydrogen) atoms. The molecular weight excluding hydrogens is 328 g/mol. The number of aromatic nitrogens is 2. The van der Waals surface area contributed by atoms with Crippen molar-refractivity contribution in [3.63, 3.8) is 0 Å². The van der Waals surface area contributed by atoms with E-state index in [-0.39, 0.29) is 5.56 Å². The highest BCUT2D eigenvalue weighted by Crippen LogP contribution is 2.20. The van der Waals surface area contributed by atoms with Crippen LogP contribution in [0.25, 0.3) is 0 Å². The summed E-state index contributed by atoms with van der Waals surface area (Å²) in [7, 11) is 0. The summed E-state index contributed by atoms with van der Waals surface area (Å²) in [5, 5.41) is 4.32. The lowest BCUT2D eigenvalue weighted by atomic mass is 10.1. The predicted molar refractivity (Wildman–Crippen MR) is 103 cm³/mol. The van der Waals surface area contributed by atoms with Crippen molar-refractivity contribution in [3.8, 4) is 5.75 Å². The molecule has 3 rings (SSSR count). The first-order valence-electron chi connectivity index (χ1n) is 8.26. The zero-order chi connectivity index (χ0) is 18.4. The van der Waals surface area contributed by atoms with E-state index >= 15 is 0 Å². The second-order valence-electron chi connectivity index (χ2n) is 5.81. The summed E-state index contributed by atoms with van der Waals surface area (Å²) in [5.74, 6) is 1.04. The Hall–Kier alpha value is -3.41. The van der Waals surface area contributed by atoms with Crippen LogP contribution in [-0.4, -0.2) is 15.7 Å². The first-order valence-corrected chi connectivity index (χ1v) is 8.26. The number of hydrazone groups is 1. The molecular formula is C20H20N4O2. The SMILES string of the molecule is C/C(=N\Nc1nc(C)cc(=O)[nH]1)c1ccccc1OCc1ccccc1. The van der Waals surface area contributed by atoms with Crippen molar-refractivity contribution in [3.05, 3.63) is 87.8 Å². The van der Waals surface area contributed by atoms with Gasteiger partial charge in [-0.05, 0) is 31.5 Å². The number of para-hydroxylation sites is 1. The number of aryl methyl sites for hydroxylation is 1. The molecule has 0 amide bonds. The van der Waals surface area contributed by atoms with Crippen LogP contribution in [-0.2, 0) is 6.61 Å². The van der Waals surface area contributed by atoms with E-state index in [1.165, 1.54) is 6.07 Å². The lowest BCUT2D eigenvalue weighted by Gasteiger charge is -2.11. The summed E-state index contributed by atoms with van der Waals surface area (Å²) in [6.45, 7) is 4.10. The van der Waals surface area contributed by atoms with Crippen molar-refractivity contribution in [2.75, 3.05) is 5.43 Å². The maximum atomic E-state index is 11.5. The Balaban J connectivity index is 1.76. The molecule has 0 bridgehead atoms. The second kappa shape index (κ2) is 8.11. The highest BCUT2D eigenvalue weighted by molar-refractivity contribution is 6.01. The van der Waals surface area contributed by atoms with Gasteiger partial charge >= 0.3 is 0 Å². The third kappa shape index (κ3) is 4.57. The van der Waals surface area contributed by atoms with Gasteiger partial charge in [0.1, 0.15) is 12.4 Å². The van der Waals surface area contributed by atoms with Crippen molar-refractivity contribution < 1.29 is 4.74 Å². The molecule has 0 aliphatic heterocycles. The van der Waals surface area contributed by atoms with E-state index in [4.69, 9.17) is 4.74 Å². The van der Waals surface area contributed by atoms with E-state index in [9.17, 15) is 4.79 Å². The summed E-state index contributed by atoms with van der Waals surface area (Å²) in [6.07, 6.45) is 0. The average molecular weight is 348 g/mol. The number of nitrogens with zero attached hydrogens (tertiary/aromatic N) is 2. The number of aromatic amines is 1. The van der Waals surface area contributed by atoms with Crippen LogP contribution in [0.4, 0.5) is 5.95 Å². The number of benzene rings is 2. The third-order valence-electron chi connectivity index (χ3n) is 3.71. The normalized spacial score (nSPS) is 11.2. The van der Waals surface area contributed by atoms with Gasteiger partial charge in [-0.15, -0.1) is 0 Å². The molecule has 0 atom stereocenters. The average Bonchev–Trinajstić information content (AvgIpc) is 2.65. The van der Waals surface area contributed by atoms with E-state index in [1.54, 1.807) is 6.92 Å². The van der Waals surface area contributed by atoms with Crippen LogP contribution < -0.4 is 15.7 Å². The molecule has 2 aromatic carbocycles. The molecule has 6 nitrogen and oxygen atoms in total. The number of hydrogen-bond acceptors (Lipinski definition) is 5. The zero-order valence-electron chi connectivity index (χ0n) is 14.7. The molecule has 0 fully saturated rings. The fourth-order valence-corrected chi connectivity index (χ4v) is 2.46. The Kier molecular flexibility index (Phi) is 5.43. The molecule has 0 unspecified atom stereocenters. The number of nitrogens with one attached hydrogen (secondary N) is 2. The molecule has 3 aromatic rings. The maximum absolute atomic E-state index is 11.5. The molecule has 1 aromatic heterocycles. The largest absolute Gasteiger partial charge is 0.488 e. The summed E-state index contributed by atoms with van der Waals surface area (Å²) < 4.78 is 5.95. The Labute approximate surface area is 151 Å². The molecule has 2 N–H and O–H groups in total. The third-order valence-corrected chi connectivity index (χ3v) is 3.71. The van der Waals surface area contributed by atoms with E-state index in [2.05, 4.69) is 20.5 Å². The molecule has 132 valence electrons. The predicted octanol–water partition coefficient (Wildman–Crippen LogP) is 3.49. The minimum Gasteiger partial charge on any atom is -0.488 e. The zero-order valence-corrected chi connectivity index (χ0v) is 14.7. The lowest BCUT2D eigenvalue weighted by molar-refractivity contribution is 0.305. The highest BCUT2D eigenvalue weighted by Gasteiger charge is 2.07. The Morgan fingerprint density at radius 2 is 1.88 bits per heavy atom. The van der Waals surface area contributed by atoms with Gasteiger partial charge in [-0.25, -0.2) is 10.4 Å². The summed E-state index contributed by atoms with van der Waals surface area (Å²) in [4.78, 5) is 18.3. The Morgan fingerprint density at radius 3 is 2.65 bits per heavy atom.